The lowest BCUT2D eigenvalue weighted by molar-refractivity contribution is -0.244. The van der Waals surface area contributed by atoms with E-state index >= 15 is 0 Å². The fourth-order valence-corrected chi connectivity index (χ4v) is 5.04. The first-order valence-electron chi connectivity index (χ1n) is 10.5. The standard InChI is InChI=1S/C19H33N3O5/c1-2-26-19(24)22-14-4-5-15(22)11-16(10-14)21-12-17(13-21)27-18(23)20-6-3-8-25-9-7-20/h14-18,23H,2-13H2,1H3. The number of nitrogens with zero attached hydrogens (tertiary/aromatic N) is 3. The molecule has 1 amide bonds. The minimum absolute atomic E-state index is 0.0879. The molecule has 1 N–H and O–H groups in total. The number of hydrogen-bond acceptors (Lipinski definition) is 7. The molecule has 4 aliphatic rings. The smallest absolute Gasteiger partial charge is 0.410 e. The normalized spacial score (nSPS) is 34.1. The van der Waals surface area contributed by atoms with Crippen LogP contribution in [0, 0.1) is 0 Å². The fraction of sp³-hybridized carbons (Fsp3) is 0.947. The van der Waals surface area contributed by atoms with Crippen molar-refractivity contribution in [2.24, 2.45) is 0 Å². The van der Waals surface area contributed by atoms with Crippen LogP contribution in [0.1, 0.15) is 39.0 Å². The second kappa shape index (κ2) is 8.61. The number of carbonyl (C=O) groups is 1. The lowest BCUT2D eigenvalue weighted by atomic mass is 9.93. The number of amides is 1. The van der Waals surface area contributed by atoms with E-state index in [4.69, 9.17) is 14.2 Å². The van der Waals surface area contributed by atoms with Gasteiger partial charge in [0.2, 0.25) is 6.41 Å². The molecule has 0 aromatic heterocycles. The van der Waals surface area contributed by atoms with E-state index in [1.165, 1.54) is 0 Å². The first-order chi connectivity index (χ1) is 13.2. The quantitative estimate of drug-likeness (QED) is 0.705. The Morgan fingerprint density at radius 2 is 1.89 bits per heavy atom. The highest BCUT2D eigenvalue weighted by Gasteiger charge is 2.47. The SMILES string of the molecule is CCOC(=O)N1C2CCC1CC(N1CC(OC(O)N3CCCOCC3)C1)C2. The van der Waals surface area contributed by atoms with Crippen molar-refractivity contribution in [3.63, 3.8) is 0 Å². The Kier molecular flexibility index (Phi) is 6.18. The number of aliphatic hydroxyl groups is 1. The molecule has 4 heterocycles. The van der Waals surface area contributed by atoms with Gasteiger partial charge in [-0.05, 0) is 39.0 Å². The average molecular weight is 383 g/mol. The predicted molar refractivity (Wildman–Crippen MR) is 98.2 cm³/mol. The van der Waals surface area contributed by atoms with Gasteiger partial charge in [-0.1, -0.05) is 0 Å². The van der Waals surface area contributed by atoms with Crippen molar-refractivity contribution in [3.05, 3.63) is 0 Å². The second-order valence-electron chi connectivity index (χ2n) is 8.16. The summed E-state index contributed by atoms with van der Waals surface area (Å²) in [7, 11) is 0. The van der Waals surface area contributed by atoms with Gasteiger partial charge in [0.05, 0.1) is 19.3 Å². The molecule has 0 aliphatic carbocycles. The summed E-state index contributed by atoms with van der Waals surface area (Å²) in [6, 6.07) is 1.14. The number of carbonyl (C=O) groups excluding carboxylic acids is 1. The molecule has 0 aromatic rings. The molecule has 3 atom stereocenters. The summed E-state index contributed by atoms with van der Waals surface area (Å²) in [5.41, 5.74) is 0. The third-order valence-electron chi connectivity index (χ3n) is 6.46. The summed E-state index contributed by atoms with van der Waals surface area (Å²) in [4.78, 5) is 18.6. The van der Waals surface area contributed by atoms with E-state index in [0.29, 0.717) is 37.9 Å². The number of piperidine rings is 1. The van der Waals surface area contributed by atoms with Gasteiger partial charge in [0, 0.05) is 50.9 Å². The van der Waals surface area contributed by atoms with E-state index in [2.05, 4.69) is 4.90 Å². The molecule has 4 rings (SSSR count). The van der Waals surface area contributed by atoms with Crippen molar-refractivity contribution in [3.8, 4) is 0 Å². The van der Waals surface area contributed by atoms with Gasteiger partial charge < -0.3 is 24.2 Å². The third-order valence-corrected chi connectivity index (χ3v) is 6.46. The van der Waals surface area contributed by atoms with Gasteiger partial charge >= 0.3 is 6.09 Å². The Labute approximate surface area is 161 Å². The lowest BCUT2D eigenvalue weighted by Gasteiger charge is -2.49. The molecule has 3 unspecified atom stereocenters. The molecule has 8 nitrogen and oxygen atoms in total. The number of hydrogen-bond donors (Lipinski definition) is 1. The minimum atomic E-state index is -0.833. The van der Waals surface area contributed by atoms with Crippen molar-refractivity contribution in [2.75, 3.05) is 46.0 Å². The summed E-state index contributed by atoms with van der Waals surface area (Å²) >= 11 is 0. The maximum atomic E-state index is 12.2. The molecular formula is C19H33N3O5. The van der Waals surface area contributed by atoms with Gasteiger partial charge in [0.25, 0.3) is 0 Å². The highest BCUT2D eigenvalue weighted by Crippen LogP contribution is 2.39. The molecule has 0 aromatic carbocycles. The van der Waals surface area contributed by atoms with Gasteiger partial charge in [-0.25, -0.2) is 4.79 Å². The van der Waals surface area contributed by atoms with Crippen molar-refractivity contribution < 1.29 is 24.1 Å². The molecule has 0 spiro atoms. The largest absolute Gasteiger partial charge is 0.450 e. The molecule has 4 aliphatic heterocycles. The van der Waals surface area contributed by atoms with Crippen molar-refractivity contribution in [1.82, 2.24) is 14.7 Å². The zero-order chi connectivity index (χ0) is 18.8. The van der Waals surface area contributed by atoms with Crippen LogP contribution in [0.25, 0.3) is 0 Å². The van der Waals surface area contributed by atoms with Crippen LogP contribution < -0.4 is 0 Å². The Hall–Kier alpha value is -0.930. The second-order valence-corrected chi connectivity index (χ2v) is 8.16. The van der Waals surface area contributed by atoms with Gasteiger partial charge in [0.1, 0.15) is 0 Å². The van der Waals surface area contributed by atoms with E-state index in [0.717, 1.165) is 58.3 Å². The fourth-order valence-electron chi connectivity index (χ4n) is 5.04. The molecule has 4 fully saturated rings. The van der Waals surface area contributed by atoms with Gasteiger partial charge in [-0.15, -0.1) is 0 Å². The molecular weight excluding hydrogens is 350 g/mol. The average Bonchev–Trinajstić information content (AvgIpc) is 2.83. The van der Waals surface area contributed by atoms with Crippen LogP contribution in [0.15, 0.2) is 0 Å². The Morgan fingerprint density at radius 3 is 2.59 bits per heavy atom. The molecule has 27 heavy (non-hydrogen) atoms. The first-order valence-corrected chi connectivity index (χ1v) is 10.5. The van der Waals surface area contributed by atoms with Crippen LogP contribution in [-0.2, 0) is 14.2 Å². The zero-order valence-electron chi connectivity index (χ0n) is 16.3. The number of rotatable bonds is 5. The Morgan fingerprint density at radius 1 is 1.15 bits per heavy atom. The Bertz CT molecular complexity index is 494. The monoisotopic (exact) mass is 383 g/mol. The summed E-state index contributed by atoms with van der Waals surface area (Å²) in [5, 5.41) is 10.3. The topological polar surface area (TPSA) is 74.7 Å². The molecule has 0 radical (unpaired) electrons. The van der Waals surface area contributed by atoms with Crippen molar-refractivity contribution >= 4 is 6.09 Å². The van der Waals surface area contributed by atoms with E-state index < -0.39 is 6.41 Å². The van der Waals surface area contributed by atoms with E-state index in [1.807, 2.05) is 16.7 Å². The van der Waals surface area contributed by atoms with Gasteiger partial charge in [0.15, 0.2) is 0 Å². The number of likely N-dealkylation sites (tertiary alicyclic amines) is 1. The van der Waals surface area contributed by atoms with Gasteiger partial charge in [-0.3, -0.25) is 9.80 Å². The third kappa shape index (κ3) is 4.24. The van der Waals surface area contributed by atoms with Gasteiger partial charge in [-0.2, -0.15) is 0 Å². The van der Waals surface area contributed by atoms with Crippen molar-refractivity contribution in [2.45, 2.75) is 69.7 Å². The van der Waals surface area contributed by atoms with E-state index in [1.54, 1.807) is 0 Å². The summed E-state index contributed by atoms with van der Waals surface area (Å²) in [6.07, 6.45) is 4.26. The van der Waals surface area contributed by atoms with Crippen LogP contribution >= 0.6 is 0 Å². The number of ether oxygens (including phenoxy) is 3. The molecule has 8 heteroatoms. The minimum Gasteiger partial charge on any atom is -0.450 e. The summed E-state index contributed by atoms with van der Waals surface area (Å²) in [5.74, 6) is 0. The van der Waals surface area contributed by atoms with Crippen LogP contribution in [0.3, 0.4) is 0 Å². The molecule has 0 saturated carbocycles. The van der Waals surface area contributed by atoms with E-state index in [9.17, 15) is 9.90 Å². The summed E-state index contributed by atoms with van der Waals surface area (Å²) in [6.45, 7) is 6.97. The molecule has 4 saturated heterocycles. The number of aliphatic hydroxyl groups excluding tert-OH is 1. The highest BCUT2D eigenvalue weighted by atomic mass is 16.6. The molecule has 2 bridgehead atoms. The maximum Gasteiger partial charge on any atom is 0.410 e. The zero-order valence-corrected chi connectivity index (χ0v) is 16.3. The van der Waals surface area contributed by atoms with Crippen LogP contribution in [0.2, 0.25) is 0 Å². The van der Waals surface area contributed by atoms with Crippen LogP contribution in [0.5, 0.6) is 0 Å². The first kappa shape index (κ1) is 19.4. The Balaban J connectivity index is 1.22. The lowest BCUT2D eigenvalue weighted by Crippen LogP contribution is -2.62. The number of fused-ring (bicyclic) bond motifs is 2. The maximum absolute atomic E-state index is 12.2. The van der Waals surface area contributed by atoms with E-state index in [-0.39, 0.29) is 12.2 Å². The highest BCUT2D eigenvalue weighted by molar-refractivity contribution is 5.69. The summed E-state index contributed by atoms with van der Waals surface area (Å²) < 4.78 is 16.5. The van der Waals surface area contributed by atoms with Crippen LogP contribution in [0.4, 0.5) is 4.79 Å². The van der Waals surface area contributed by atoms with Crippen molar-refractivity contribution in [1.29, 1.82) is 0 Å². The predicted octanol–water partition coefficient (Wildman–Crippen LogP) is 0.837. The van der Waals surface area contributed by atoms with Crippen LogP contribution in [-0.4, -0.2) is 103 Å². The molecule has 154 valence electrons.